The fourth-order valence-corrected chi connectivity index (χ4v) is 1.14. The summed E-state index contributed by atoms with van der Waals surface area (Å²) in [6.07, 6.45) is 4.94. The summed E-state index contributed by atoms with van der Waals surface area (Å²) in [4.78, 5) is 3.17. The van der Waals surface area contributed by atoms with Gasteiger partial charge in [-0.1, -0.05) is 6.08 Å². The fourth-order valence-electron chi connectivity index (χ4n) is 1.14. The van der Waals surface area contributed by atoms with E-state index in [0.29, 0.717) is 0 Å². The van der Waals surface area contributed by atoms with Crippen molar-refractivity contribution in [1.82, 2.24) is 4.98 Å². The molecule has 0 bridgehead atoms. The van der Waals surface area contributed by atoms with Crippen LogP contribution in [0.4, 0.5) is 0 Å². The van der Waals surface area contributed by atoms with E-state index in [2.05, 4.69) is 25.4 Å². The number of hydrogen-bond acceptors (Lipinski definition) is 0. The van der Waals surface area contributed by atoms with Crippen molar-refractivity contribution in [3.05, 3.63) is 35.7 Å². The summed E-state index contributed by atoms with van der Waals surface area (Å²) in [5, 5.41) is 0. The molecule has 0 atom stereocenters. The van der Waals surface area contributed by atoms with Crippen LogP contribution in [0, 0.1) is 13.8 Å². The van der Waals surface area contributed by atoms with Crippen LogP contribution in [0.3, 0.4) is 0 Å². The van der Waals surface area contributed by atoms with Crippen molar-refractivity contribution in [3.8, 4) is 0 Å². The Hall–Kier alpha value is -0.980. The molecule has 1 heterocycles. The van der Waals surface area contributed by atoms with Gasteiger partial charge in [0.25, 0.3) is 0 Å². The Morgan fingerprint density at radius 1 is 1.60 bits per heavy atom. The first-order valence-corrected chi connectivity index (χ1v) is 3.50. The van der Waals surface area contributed by atoms with Crippen molar-refractivity contribution in [1.29, 1.82) is 0 Å². The van der Waals surface area contributed by atoms with Gasteiger partial charge in [-0.15, -0.1) is 6.58 Å². The molecule has 0 fully saturated rings. The van der Waals surface area contributed by atoms with E-state index in [-0.39, 0.29) is 0 Å². The predicted octanol–water partition coefficient (Wildman–Crippen LogP) is 2.36. The summed E-state index contributed by atoms with van der Waals surface area (Å²) in [5.41, 5.74) is 3.98. The molecular formula is C9H13N. The molecule has 54 valence electrons. The summed E-state index contributed by atoms with van der Waals surface area (Å²) in [6.45, 7) is 7.91. The van der Waals surface area contributed by atoms with Gasteiger partial charge < -0.3 is 4.98 Å². The summed E-state index contributed by atoms with van der Waals surface area (Å²) >= 11 is 0. The number of aromatic amines is 1. The van der Waals surface area contributed by atoms with Gasteiger partial charge in [0.05, 0.1) is 0 Å². The van der Waals surface area contributed by atoms with Crippen LogP contribution in [0.2, 0.25) is 0 Å². The van der Waals surface area contributed by atoms with E-state index in [1.807, 2.05) is 12.3 Å². The zero-order chi connectivity index (χ0) is 7.56. The molecule has 0 saturated carbocycles. The maximum atomic E-state index is 3.70. The maximum Gasteiger partial charge on any atom is 0.0154 e. The summed E-state index contributed by atoms with van der Waals surface area (Å²) < 4.78 is 0. The van der Waals surface area contributed by atoms with Crippen LogP contribution in [-0.4, -0.2) is 4.98 Å². The highest BCUT2D eigenvalue weighted by Gasteiger charge is 2.00. The Morgan fingerprint density at radius 2 is 2.30 bits per heavy atom. The van der Waals surface area contributed by atoms with Gasteiger partial charge in [0, 0.05) is 11.9 Å². The van der Waals surface area contributed by atoms with E-state index in [1.54, 1.807) is 0 Å². The number of H-pyrrole nitrogens is 1. The second-order valence-corrected chi connectivity index (χ2v) is 2.57. The molecule has 0 aliphatic rings. The van der Waals surface area contributed by atoms with Crippen molar-refractivity contribution in [2.45, 2.75) is 20.3 Å². The van der Waals surface area contributed by atoms with Crippen molar-refractivity contribution in [3.63, 3.8) is 0 Å². The standard InChI is InChI=1S/C9H13N/c1-4-5-9-7(2)6-10-8(9)3/h4,6,10H,1,5H2,2-3H3. The van der Waals surface area contributed by atoms with Gasteiger partial charge in [0.2, 0.25) is 0 Å². The number of aryl methyl sites for hydroxylation is 2. The molecule has 1 heteroatoms. The highest BCUT2D eigenvalue weighted by atomic mass is 14.7. The van der Waals surface area contributed by atoms with Gasteiger partial charge >= 0.3 is 0 Å². The first kappa shape index (κ1) is 7.13. The van der Waals surface area contributed by atoms with E-state index in [1.165, 1.54) is 16.8 Å². The Bertz CT molecular complexity index is 213. The topological polar surface area (TPSA) is 15.8 Å². The number of nitrogens with one attached hydrogen (secondary N) is 1. The molecule has 1 nitrogen and oxygen atoms in total. The van der Waals surface area contributed by atoms with Crippen LogP contribution in [0.15, 0.2) is 18.9 Å². The second-order valence-electron chi connectivity index (χ2n) is 2.57. The monoisotopic (exact) mass is 135 g/mol. The minimum Gasteiger partial charge on any atom is -0.365 e. The second kappa shape index (κ2) is 2.74. The number of rotatable bonds is 2. The molecule has 0 saturated heterocycles. The summed E-state index contributed by atoms with van der Waals surface area (Å²) in [5.74, 6) is 0. The van der Waals surface area contributed by atoms with Crippen molar-refractivity contribution >= 4 is 0 Å². The highest BCUT2D eigenvalue weighted by Crippen LogP contribution is 2.12. The van der Waals surface area contributed by atoms with Gasteiger partial charge in [-0.3, -0.25) is 0 Å². The smallest absolute Gasteiger partial charge is 0.0154 e. The lowest BCUT2D eigenvalue weighted by molar-refractivity contribution is 1.17. The number of aromatic nitrogens is 1. The van der Waals surface area contributed by atoms with Crippen LogP contribution in [0.5, 0.6) is 0 Å². The Morgan fingerprint density at radius 3 is 2.70 bits per heavy atom. The SMILES string of the molecule is C=CCc1c(C)c[nH]c1C. The Labute approximate surface area is 61.8 Å². The van der Waals surface area contributed by atoms with Gasteiger partial charge in [-0.25, -0.2) is 0 Å². The maximum absolute atomic E-state index is 3.70. The van der Waals surface area contributed by atoms with E-state index in [4.69, 9.17) is 0 Å². The largest absolute Gasteiger partial charge is 0.365 e. The van der Waals surface area contributed by atoms with E-state index in [0.717, 1.165) is 6.42 Å². The quantitative estimate of drug-likeness (QED) is 0.599. The van der Waals surface area contributed by atoms with Crippen LogP contribution in [-0.2, 0) is 6.42 Å². The van der Waals surface area contributed by atoms with Crippen LogP contribution in [0.1, 0.15) is 16.8 Å². The zero-order valence-electron chi connectivity index (χ0n) is 6.57. The lowest BCUT2D eigenvalue weighted by Crippen LogP contribution is -1.83. The molecule has 1 aromatic rings. The lowest BCUT2D eigenvalue weighted by atomic mass is 10.1. The number of allylic oxidation sites excluding steroid dienone is 1. The van der Waals surface area contributed by atoms with Crippen molar-refractivity contribution in [2.75, 3.05) is 0 Å². The van der Waals surface area contributed by atoms with Crippen molar-refractivity contribution in [2.24, 2.45) is 0 Å². The van der Waals surface area contributed by atoms with E-state index in [9.17, 15) is 0 Å². The minimum absolute atomic E-state index is 0.973. The average Bonchev–Trinajstić information content (AvgIpc) is 2.20. The molecule has 0 aliphatic heterocycles. The van der Waals surface area contributed by atoms with Crippen molar-refractivity contribution < 1.29 is 0 Å². The van der Waals surface area contributed by atoms with Crippen LogP contribution in [0.25, 0.3) is 0 Å². The molecule has 10 heavy (non-hydrogen) atoms. The first-order chi connectivity index (χ1) is 4.75. The van der Waals surface area contributed by atoms with Gasteiger partial charge in [0.15, 0.2) is 0 Å². The first-order valence-electron chi connectivity index (χ1n) is 3.50. The Kier molecular flexibility index (Phi) is 1.95. The third-order valence-electron chi connectivity index (χ3n) is 1.78. The highest BCUT2D eigenvalue weighted by molar-refractivity contribution is 5.30. The Balaban J connectivity index is 2.97. The molecular weight excluding hydrogens is 122 g/mol. The molecule has 0 radical (unpaired) electrons. The predicted molar refractivity (Wildman–Crippen MR) is 44.2 cm³/mol. The molecule has 0 spiro atoms. The molecule has 0 amide bonds. The average molecular weight is 135 g/mol. The third-order valence-corrected chi connectivity index (χ3v) is 1.78. The molecule has 1 rings (SSSR count). The lowest BCUT2D eigenvalue weighted by Gasteiger charge is -1.94. The van der Waals surface area contributed by atoms with E-state index >= 15 is 0 Å². The van der Waals surface area contributed by atoms with Crippen LogP contribution >= 0.6 is 0 Å². The molecule has 0 aromatic carbocycles. The van der Waals surface area contributed by atoms with Gasteiger partial charge in [-0.2, -0.15) is 0 Å². The molecule has 0 unspecified atom stereocenters. The molecule has 1 aromatic heterocycles. The third kappa shape index (κ3) is 1.13. The zero-order valence-corrected chi connectivity index (χ0v) is 6.57. The van der Waals surface area contributed by atoms with Gasteiger partial charge in [-0.05, 0) is 31.4 Å². The molecule has 1 N–H and O–H groups in total. The molecule has 0 aliphatic carbocycles. The van der Waals surface area contributed by atoms with E-state index < -0.39 is 0 Å². The van der Waals surface area contributed by atoms with Crippen LogP contribution < -0.4 is 0 Å². The minimum atomic E-state index is 0.973. The summed E-state index contributed by atoms with van der Waals surface area (Å²) in [7, 11) is 0. The normalized spacial score (nSPS) is 9.80. The summed E-state index contributed by atoms with van der Waals surface area (Å²) in [6, 6.07) is 0. The number of hydrogen-bond donors (Lipinski definition) is 1. The van der Waals surface area contributed by atoms with Gasteiger partial charge in [0.1, 0.15) is 0 Å². The fraction of sp³-hybridized carbons (Fsp3) is 0.333.